The molecule has 2 amide bonds. The van der Waals surface area contributed by atoms with Crippen LogP contribution in [0.15, 0.2) is 42.5 Å². The average Bonchev–Trinajstić information content (AvgIpc) is 2.61. The SMILES string of the molecule is CC(C)COc1cccc(C(=O)Nc2ccc3c(c2)NC(=O)[C@H](C)O3)c1. The summed E-state index contributed by atoms with van der Waals surface area (Å²) in [7, 11) is 0. The number of rotatable bonds is 5. The Balaban J connectivity index is 1.71. The maximum absolute atomic E-state index is 12.5. The number of hydrogen-bond donors (Lipinski definition) is 2. The minimum atomic E-state index is -0.531. The Bertz CT molecular complexity index is 832. The van der Waals surface area contributed by atoms with Gasteiger partial charge >= 0.3 is 0 Å². The fourth-order valence-corrected chi connectivity index (χ4v) is 2.48. The van der Waals surface area contributed by atoms with Crippen molar-refractivity contribution in [2.45, 2.75) is 26.9 Å². The van der Waals surface area contributed by atoms with Crippen LogP contribution < -0.4 is 20.1 Å². The molecule has 0 spiro atoms. The fraction of sp³-hybridized carbons (Fsp3) is 0.300. The Morgan fingerprint density at radius 3 is 2.85 bits per heavy atom. The summed E-state index contributed by atoms with van der Waals surface area (Å²) < 4.78 is 11.2. The first-order valence-electron chi connectivity index (χ1n) is 8.58. The summed E-state index contributed by atoms with van der Waals surface area (Å²) in [6.45, 7) is 6.40. The van der Waals surface area contributed by atoms with Crippen LogP contribution in [0.5, 0.6) is 11.5 Å². The third kappa shape index (κ3) is 4.14. The van der Waals surface area contributed by atoms with E-state index < -0.39 is 6.10 Å². The van der Waals surface area contributed by atoms with Crippen molar-refractivity contribution in [2.24, 2.45) is 5.92 Å². The van der Waals surface area contributed by atoms with Crippen LogP contribution in [-0.2, 0) is 4.79 Å². The minimum Gasteiger partial charge on any atom is -0.493 e. The van der Waals surface area contributed by atoms with Gasteiger partial charge in [-0.1, -0.05) is 19.9 Å². The van der Waals surface area contributed by atoms with E-state index in [1.165, 1.54) is 0 Å². The van der Waals surface area contributed by atoms with Crippen molar-refractivity contribution in [3.05, 3.63) is 48.0 Å². The summed E-state index contributed by atoms with van der Waals surface area (Å²) in [6, 6.07) is 12.2. The van der Waals surface area contributed by atoms with Crippen molar-refractivity contribution >= 4 is 23.2 Å². The molecular formula is C20H22N2O4. The Hall–Kier alpha value is -3.02. The summed E-state index contributed by atoms with van der Waals surface area (Å²) in [4.78, 5) is 24.2. The lowest BCUT2D eigenvalue weighted by Crippen LogP contribution is -2.34. The number of benzene rings is 2. The van der Waals surface area contributed by atoms with Gasteiger partial charge in [-0.25, -0.2) is 0 Å². The third-order valence-corrected chi connectivity index (χ3v) is 3.85. The monoisotopic (exact) mass is 354 g/mol. The first-order chi connectivity index (χ1) is 12.4. The Morgan fingerprint density at radius 2 is 2.08 bits per heavy atom. The molecule has 2 aromatic carbocycles. The minimum absolute atomic E-state index is 0.212. The summed E-state index contributed by atoms with van der Waals surface area (Å²) in [5.74, 6) is 1.18. The lowest BCUT2D eigenvalue weighted by molar-refractivity contribution is -0.122. The molecule has 6 nitrogen and oxygen atoms in total. The molecule has 1 heterocycles. The largest absolute Gasteiger partial charge is 0.493 e. The van der Waals surface area contributed by atoms with Crippen LogP contribution in [0.1, 0.15) is 31.1 Å². The molecule has 1 aliphatic heterocycles. The molecule has 26 heavy (non-hydrogen) atoms. The highest BCUT2D eigenvalue weighted by molar-refractivity contribution is 6.05. The molecule has 3 rings (SSSR count). The van der Waals surface area contributed by atoms with E-state index in [1.807, 2.05) is 6.07 Å². The van der Waals surface area contributed by atoms with Crippen molar-refractivity contribution in [3.8, 4) is 11.5 Å². The first kappa shape index (κ1) is 17.8. The molecular weight excluding hydrogens is 332 g/mol. The molecule has 2 N–H and O–H groups in total. The number of nitrogens with one attached hydrogen (secondary N) is 2. The zero-order valence-corrected chi connectivity index (χ0v) is 15.0. The summed E-state index contributed by atoms with van der Waals surface area (Å²) in [6.07, 6.45) is -0.531. The van der Waals surface area contributed by atoms with Gasteiger partial charge in [0.25, 0.3) is 11.8 Å². The van der Waals surface area contributed by atoms with Crippen LogP contribution in [0.25, 0.3) is 0 Å². The van der Waals surface area contributed by atoms with Crippen LogP contribution in [0.4, 0.5) is 11.4 Å². The highest BCUT2D eigenvalue weighted by Crippen LogP contribution is 2.32. The van der Waals surface area contributed by atoms with E-state index >= 15 is 0 Å². The van der Waals surface area contributed by atoms with Gasteiger partial charge < -0.3 is 20.1 Å². The van der Waals surface area contributed by atoms with Crippen molar-refractivity contribution in [3.63, 3.8) is 0 Å². The van der Waals surface area contributed by atoms with Crippen LogP contribution in [0, 0.1) is 5.92 Å². The van der Waals surface area contributed by atoms with Crippen molar-refractivity contribution in [1.29, 1.82) is 0 Å². The van der Waals surface area contributed by atoms with Crippen molar-refractivity contribution in [1.82, 2.24) is 0 Å². The lowest BCUT2D eigenvalue weighted by Gasteiger charge is -2.23. The smallest absolute Gasteiger partial charge is 0.265 e. The quantitative estimate of drug-likeness (QED) is 0.858. The van der Waals surface area contributed by atoms with Crippen LogP contribution >= 0.6 is 0 Å². The molecule has 0 aliphatic carbocycles. The second-order valence-electron chi connectivity index (χ2n) is 6.65. The van der Waals surface area contributed by atoms with E-state index in [4.69, 9.17) is 9.47 Å². The molecule has 0 unspecified atom stereocenters. The lowest BCUT2D eigenvalue weighted by atomic mass is 10.1. The molecule has 1 aliphatic rings. The summed E-state index contributed by atoms with van der Waals surface area (Å²) >= 11 is 0. The third-order valence-electron chi connectivity index (χ3n) is 3.85. The van der Waals surface area contributed by atoms with Gasteiger partial charge in [-0.3, -0.25) is 9.59 Å². The zero-order valence-electron chi connectivity index (χ0n) is 15.0. The van der Waals surface area contributed by atoms with Crippen LogP contribution in [0.2, 0.25) is 0 Å². The number of anilines is 2. The van der Waals surface area contributed by atoms with Gasteiger partial charge in [-0.15, -0.1) is 0 Å². The van der Waals surface area contributed by atoms with Gasteiger partial charge in [-0.05, 0) is 49.2 Å². The average molecular weight is 354 g/mol. The van der Waals surface area contributed by atoms with Crippen LogP contribution in [-0.4, -0.2) is 24.5 Å². The molecule has 0 aromatic heterocycles. The highest BCUT2D eigenvalue weighted by atomic mass is 16.5. The topological polar surface area (TPSA) is 76.7 Å². The van der Waals surface area contributed by atoms with Gasteiger partial charge in [0.15, 0.2) is 6.10 Å². The Morgan fingerprint density at radius 1 is 1.27 bits per heavy atom. The van der Waals surface area contributed by atoms with Crippen LogP contribution in [0.3, 0.4) is 0 Å². The molecule has 0 radical (unpaired) electrons. The molecule has 1 atom stereocenters. The second-order valence-corrected chi connectivity index (χ2v) is 6.65. The van der Waals surface area contributed by atoms with E-state index in [0.717, 1.165) is 0 Å². The molecule has 2 aromatic rings. The number of hydrogen-bond acceptors (Lipinski definition) is 4. The summed E-state index contributed by atoms with van der Waals surface area (Å²) in [5.41, 5.74) is 1.61. The van der Waals surface area contributed by atoms with Crippen molar-refractivity contribution in [2.75, 3.05) is 17.2 Å². The standard InChI is InChI=1S/C20H22N2O4/c1-12(2)11-25-16-6-4-5-14(9-16)20(24)21-15-7-8-18-17(10-15)22-19(23)13(3)26-18/h4-10,12-13H,11H2,1-3H3,(H,21,24)(H,22,23)/t13-/m0/s1. The van der Waals surface area contributed by atoms with Crippen molar-refractivity contribution < 1.29 is 19.1 Å². The highest BCUT2D eigenvalue weighted by Gasteiger charge is 2.23. The molecule has 0 bridgehead atoms. The number of carbonyl (C=O) groups is 2. The second kappa shape index (κ2) is 7.47. The normalized spacial score (nSPS) is 15.7. The number of carbonyl (C=O) groups excluding carboxylic acids is 2. The predicted molar refractivity (Wildman–Crippen MR) is 99.9 cm³/mol. The van der Waals surface area contributed by atoms with Gasteiger partial charge in [0, 0.05) is 11.3 Å². The Labute approximate surface area is 152 Å². The maximum atomic E-state index is 12.5. The number of fused-ring (bicyclic) bond motifs is 1. The Kier molecular flexibility index (Phi) is 5.11. The van der Waals surface area contributed by atoms with Gasteiger partial charge in [0.1, 0.15) is 11.5 Å². The van der Waals surface area contributed by atoms with Gasteiger partial charge in [0.2, 0.25) is 0 Å². The molecule has 0 saturated heterocycles. The van der Waals surface area contributed by atoms with E-state index in [1.54, 1.807) is 43.3 Å². The molecule has 6 heteroatoms. The summed E-state index contributed by atoms with van der Waals surface area (Å²) in [5, 5.41) is 5.59. The predicted octanol–water partition coefficient (Wildman–Crippen LogP) is 3.69. The zero-order chi connectivity index (χ0) is 18.7. The van der Waals surface area contributed by atoms with E-state index in [-0.39, 0.29) is 11.8 Å². The van der Waals surface area contributed by atoms with Gasteiger partial charge in [-0.2, -0.15) is 0 Å². The molecule has 136 valence electrons. The fourth-order valence-electron chi connectivity index (χ4n) is 2.48. The molecule has 0 fully saturated rings. The maximum Gasteiger partial charge on any atom is 0.265 e. The number of amides is 2. The molecule has 0 saturated carbocycles. The number of ether oxygens (including phenoxy) is 2. The van der Waals surface area contributed by atoms with Gasteiger partial charge in [0.05, 0.1) is 12.3 Å². The van der Waals surface area contributed by atoms with E-state index in [0.29, 0.717) is 41.0 Å². The van der Waals surface area contributed by atoms with E-state index in [9.17, 15) is 9.59 Å². The first-order valence-corrected chi connectivity index (χ1v) is 8.58. The van der Waals surface area contributed by atoms with E-state index in [2.05, 4.69) is 24.5 Å².